The zero-order valence-corrected chi connectivity index (χ0v) is 14.9. The highest BCUT2D eigenvalue weighted by atomic mass is 35.5. The molecule has 2 aromatic carbocycles. The van der Waals surface area contributed by atoms with Gasteiger partial charge in [0.25, 0.3) is 0 Å². The number of halogens is 6. The van der Waals surface area contributed by atoms with Gasteiger partial charge in [0.15, 0.2) is 23.3 Å². The average Bonchev–Trinajstić information content (AvgIpc) is 2.66. The van der Waals surface area contributed by atoms with Crippen LogP contribution in [0.3, 0.4) is 0 Å². The number of carbonyl (C=O) groups excluding carboxylic acids is 2. The van der Waals surface area contributed by atoms with Crippen molar-refractivity contribution in [2.45, 2.75) is 6.42 Å². The molecule has 0 saturated carbocycles. The van der Waals surface area contributed by atoms with Crippen molar-refractivity contribution < 1.29 is 41.4 Å². The zero-order chi connectivity index (χ0) is 21.9. The fourth-order valence-corrected chi connectivity index (χ4v) is 2.50. The summed E-state index contributed by atoms with van der Waals surface area (Å²) in [5.41, 5.74) is -1.23. The number of amides is 3. The molecule has 154 valence electrons. The molecule has 2 aromatic rings. The number of carbonyl (C=O) groups is 3. The minimum absolute atomic E-state index is 0.247. The topological polar surface area (TPSA) is 86.7 Å². The second kappa shape index (κ2) is 8.86. The number of urea groups is 1. The summed E-state index contributed by atoms with van der Waals surface area (Å²) in [7, 11) is 0. The Morgan fingerprint density at radius 2 is 1.48 bits per heavy atom. The quantitative estimate of drug-likeness (QED) is 0.425. The highest BCUT2D eigenvalue weighted by Gasteiger charge is 2.29. The molecule has 1 saturated heterocycles. The summed E-state index contributed by atoms with van der Waals surface area (Å²) >= 11 is 5.95. The molecule has 6 nitrogen and oxygen atoms in total. The molecule has 0 radical (unpaired) electrons. The highest BCUT2D eigenvalue weighted by Crippen LogP contribution is 2.26. The van der Waals surface area contributed by atoms with Gasteiger partial charge in [-0.25, -0.2) is 31.5 Å². The number of rotatable bonds is 2. The minimum atomic E-state index is -2.38. The number of anilines is 1. The number of para-hydroxylation sites is 1. The van der Waals surface area contributed by atoms with Crippen LogP contribution in [0.1, 0.15) is 16.8 Å². The van der Waals surface area contributed by atoms with Gasteiger partial charge in [0.2, 0.25) is 11.7 Å². The van der Waals surface area contributed by atoms with Crippen LogP contribution in [-0.4, -0.2) is 29.6 Å². The molecule has 0 bridgehead atoms. The fraction of sp³-hybridized carbons (Fsp3) is 0.118. The third-order valence-corrected chi connectivity index (χ3v) is 3.94. The Balaban J connectivity index is 0.000000208. The van der Waals surface area contributed by atoms with Crippen molar-refractivity contribution in [1.29, 1.82) is 0 Å². The lowest BCUT2D eigenvalue weighted by Gasteiger charge is -2.27. The molecule has 2 N–H and O–H groups in total. The van der Waals surface area contributed by atoms with Crippen molar-refractivity contribution >= 4 is 35.2 Å². The Bertz CT molecular complexity index is 973. The molecule has 0 aliphatic carbocycles. The van der Waals surface area contributed by atoms with Crippen LogP contribution < -0.4 is 10.2 Å². The summed E-state index contributed by atoms with van der Waals surface area (Å²) in [4.78, 5) is 34.0. The summed E-state index contributed by atoms with van der Waals surface area (Å²) in [5, 5.41) is 10.9. The fourth-order valence-electron chi connectivity index (χ4n) is 2.26. The van der Waals surface area contributed by atoms with Gasteiger partial charge in [-0.2, -0.15) is 0 Å². The van der Waals surface area contributed by atoms with Gasteiger partial charge < -0.3 is 5.11 Å². The van der Waals surface area contributed by atoms with Crippen LogP contribution in [0.2, 0.25) is 5.02 Å². The Morgan fingerprint density at radius 1 is 0.966 bits per heavy atom. The standard InChI is InChI=1S/C10H9ClN2O2.C7HF5O2/c11-7-3-1-2-4-8(7)13-6-5-9(14)12-10(13)15;8-2-1(7(13)14)3(9)5(11)6(12)4(2)10/h1-4H,5-6H2,(H,12,14,15);(H,13,14). The monoisotopic (exact) mass is 436 g/mol. The van der Waals surface area contributed by atoms with E-state index >= 15 is 0 Å². The zero-order valence-electron chi connectivity index (χ0n) is 14.1. The van der Waals surface area contributed by atoms with E-state index in [2.05, 4.69) is 5.32 Å². The van der Waals surface area contributed by atoms with Crippen LogP contribution in [0.4, 0.5) is 32.4 Å². The third-order valence-electron chi connectivity index (χ3n) is 3.62. The molecule has 0 unspecified atom stereocenters. The second-order valence-electron chi connectivity index (χ2n) is 5.46. The van der Waals surface area contributed by atoms with E-state index in [4.69, 9.17) is 16.7 Å². The maximum atomic E-state index is 12.6. The van der Waals surface area contributed by atoms with Crippen molar-refractivity contribution in [2.75, 3.05) is 11.4 Å². The number of nitrogens with one attached hydrogen (secondary N) is 1. The van der Waals surface area contributed by atoms with Crippen LogP contribution in [0.25, 0.3) is 0 Å². The van der Waals surface area contributed by atoms with Crippen molar-refractivity contribution in [3.8, 4) is 0 Å². The maximum absolute atomic E-state index is 12.6. The molecular weight excluding hydrogens is 427 g/mol. The van der Waals surface area contributed by atoms with Gasteiger partial charge >= 0.3 is 12.0 Å². The number of benzene rings is 2. The number of hydrogen-bond donors (Lipinski definition) is 2. The Kier molecular flexibility index (Phi) is 6.75. The van der Waals surface area contributed by atoms with Gasteiger partial charge in [-0.1, -0.05) is 23.7 Å². The molecular formula is C17H10ClF5N2O4. The molecule has 1 aliphatic heterocycles. The van der Waals surface area contributed by atoms with E-state index < -0.39 is 46.6 Å². The van der Waals surface area contributed by atoms with Gasteiger partial charge in [-0.05, 0) is 12.1 Å². The lowest BCUT2D eigenvalue weighted by molar-refractivity contribution is -0.120. The SMILES string of the molecule is O=C(O)c1c(F)c(F)c(F)c(F)c1F.O=C1CCN(c2ccccc2Cl)C(=O)N1. The van der Waals surface area contributed by atoms with E-state index in [0.717, 1.165) is 0 Å². The van der Waals surface area contributed by atoms with E-state index in [1.54, 1.807) is 24.3 Å². The minimum Gasteiger partial charge on any atom is -0.477 e. The average molecular weight is 437 g/mol. The number of carboxylic acids is 1. The van der Waals surface area contributed by atoms with Crippen molar-refractivity contribution in [3.05, 3.63) is 63.9 Å². The van der Waals surface area contributed by atoms with E-state index in [0.29, 0.717) is 23.7 Å². The highest BCUT2D eigenvalue weighted by molar-refractivity contribution is 6.34. The number of carboxylic acid groups (broad SMARTS) is 1. The Labute approximate surface area is 164 Å². The first-order valence-corrected chi connectivity index (χ1v) is 8.04. The summed E-state index contributed by atoms with van der Waals surface area (Å²) in [5.74, 6) is -14.1. The molecule has 1 aliphatic rings. The van der Waals surface area contributed by atoms with Crippen LogP contribution in [0.5, 0.6) is 0 Å². The van der Waals surface area contributed by atoms with Gasteiger partial charge in [0, 0.05) is 13.0 Å². The summed E-state index contributed by atoms with van der Waals surface area (Å²) in [6, 6.07) is 6.63. The number of hydrogen-bond acceptors (Lipinski definition) is 3. The first-order chi connectivity index (χ1) is 13.6. The first-order valence-electron chi connectivity index (χ1n) is 7.66. The first kappa shape index (κ1) is 22.1. The van der Waals surface area contributed by atoms with E-state index in [1.807, 2.05) is 0 Å². The molecule has 0 aromatic heterocycles. The predicted octanol–water partition coefficient (Wildman–Crippen LogP) is 3.87. The number of nitrogens with zero attached hydrogens (tertiary/aromatic N) is 1. The third kappa shape index (κ3) is 4.62. The molecule has 3 rings (SSSR count). The molecule has 29 heavy (non-hydrogen) atoms. The second-order valence-corrected chi connectivity index (χ2v) is 5.86. The van der Waals surface area contributed by atoms with E-state index in [9.17, 15) is 36.3 Å². The van der Waals surface area contributed by atoms with Crippen LogP contribution in [-0.2, 0) is 4.79 Å². The van der Waals surface area contributed by atoms with Crippen LogP contribution in [0, 0.1) is 29.1 Å². The lowest BCUT2D eigenvalue weighted by atomic mass is 10.1. The summed E-state index contributed by atoms with van der Waals surface area (Å²) in [6.07, 6.45) is 0.303. The number of aromatic carboxylic acids is 1. The molecule has 0 atom stereocenters. The maximum Gasteiger partial charge on any atom is 0.341 e. The molecule has 1 fully saturated rings. The lowest BCUT2D eigenvalue weighted by Crippen LogP contribution is -2.49. The van der Waals surface area contributed by atoms with Gasteiger partial charge in [0.1, 0.15) is 5.56 Å². The smallest absolute Gasteiger partial charge is 0.341 e. The van der Waals surface area contributed by atoms with Gasteiger partial charge in [-0.15, -0.1) is 0 Å². The van der Waals surface area contributed by atoms with Crippen molar-refractivity contribution in [3.63, 3.8) is 0 Å². The Morgan fingerprint density at radius 3 is 1.97 bits per heavy atom. The molecule has 0 spiro atoms. The van der Waals surface area contributed by atoms with Crippen molar-refractivity contribution in [1.82, 2.24) is 5.32 Å². The van der Waals surface area contributed by atoms with E-state index in [1.165, 1.54) is 4.90 Å². The van der Waals surface area contributed by atoms with E-state index in [-0.39, 0.29) is 5.91 Å². The normalized spacial score (nSPS) is 13.5. The molecule has 12 heteroatoms. The van der Waals surface area contributed by atoms with Crippen LogP contribution >= 0.6 is 11.6 Å². The molecule has 3 amide bonds. The van der Waals surface area contributed by atoms with Crippen LogP contribution in [0.15, 0.2) is 24.3 Å². The van der Waals surface area contributed by atoms with Gasteiger partial charge in [0.05, 0.1) is 10.7 Å². The Hall–Kier alpha value is -3.21. The van der Waals surface area contributed by atoms with Gasteiger partial charge in [-0.3, -0.25) is 15.0 Å². The van der Waals surface area contributed by atoms with Crippen molar-refractivity contribution in [2.24, 2.45) is 0 Å². The predicted molar refractivity (Wildman–Crippen MR) is 90.1 cm³/mol. The molecule has 1 heterocycles. The largest absolute Gasteiger partial charge is 0.477 e. The number of imide groups is 1. The summed E-state index contributed by atoms with van der Waals surface area (Å²) < 4.78 is 62.1. The summed E-state index contributed by atoms with van der Waals surface area (Å²) in [6.45, 7) is 0.369.